The minimum Gasteiger partial charge on any atom is -0.503 e. The number of fused-ring (bicyclic) bond motifs is 1. The van der Waals surface area contributed by atoms with Gasteiger partial charge >= 0.3 is 0 Å². The van der Waals surface area contributed by atoms with E-state index < -0.39 is 23.5 Å². The number of amides is 2. The van der Waals surface area contributed by atoms with Gasteiger partial charge in [-0.1, -0.05) is 56.6 Å². The number of methoxy groups -OCH3 is 1. The lowest BCUT2D eigenvalue weighted by Crippen LogP contribution is -2.31. The summed E-state index contributed by atoms with van der Waals surface area (Å²) >= 11 is 6.20. The highest BCUT2D eigenvalue weighted by atomic mass is 35.5. The number of carbonyl (C=O) groups excluding carboxylic acids is 3. The van der Waals surface area contributed by atoms with E-state index in [9.17, 15) is 19.5 Å². The topological polar surface area (TPSA) is 109 Å². The van der Waals surface area contributed by atoms with Crippen LogP contribution in [0, 0.1) is 0 Å². The van der Waals surface area contributed by atoms with E-state index in [4.69, 9.17) is 20.8 Å². The Morgan fingerprint density at radius 3 is 2.27 bits per heavy atom. The first-order chi connectivity index (χ1) is 19.4. The molecule has 3 aromatic carbocycles. The van der Waals surface area contributed by atoms with Crippen LogP contribution in [0.5, 0.6) is 5.75 Å². The highest BCUT2D eigenvalue weighted by molar-refractivity contribution is 6.31. The molecule has 1 aliphatic rings. The van der Waals surface area contributed by atoms with E-state index in [2.05, 4.69) is 26.1 Å². The number of nitrogens with zero attached hydrogens (tertiary/aromatic N) is 1. The van der Waals surface area contributed by atoms with Crippen LogP contribution in [-0.2, 0) is 15.0 Å². The molecule has 2 amide bonds. The molecule has 2 heterocycles. The van der Waals surface area contributed by atoms with E-state index in [0.29, 0.717) is 38.7 Å². The molecule has 2 N–H and O–H groups in total. The van der Waals surface area contributed by atoms with E-state index in [1.807, 2.05) is 24.3 Å². The third-order valence-electron chi connectivity index (χ3n) is 7.00. The standard InChI is InChI=1S/C32H29ClN2O6/c1-17(36)34-22-10-12-23(13-11-22)35-27(18-6-8-20(9-7-18)32(2,3)4)26(29(38)31(35)39)28(37)24-15-19-14-21(33)16-25(40-5)30(19)41-24/h6-16,27,38H,1-5H3,(H,34,36). The van der Waals surface area contributed by atoms with Gasteiger partial charge in [-0.05, 0) is 52.9 Å². The molecule has 5 rings (SSSR count). The van der Waals surface area contributed by atoms with Crippen LogP contribution in [0.4, 0.5) is 11.4 Å². The van der Waals surface area contributed by atoms with Crippen molar-refractivity contribution >= 4 is 51.5 Å². The van der Waals surface area contributed by atoms with Gasteiger partial charge in [0.05, 0.1) is 18.7 Å². The minimum atomic E-state index is -0.950. The van der Waals surface area contributed by atoms with Crippen LogP contribution in [-0.4, -0.2) is 29.8 Å². The van der Waals surface area contributed by atoms with Crippen LogP contribution < -0.4 is 15.0 Å². The summed E-state index contributed by atoms with van der Waals surface area (Å²) in [4.78, 5) is 40.4. The number of hydrogen-bond acceptors (Lipinski definition) is 6. The summed E-state index contributed by atoms with van der Waals surface area (Å²) in [5.74, 6) is -2.01. The number of ether oxygens (including phenoxy) is 1. The maximum Gasteiger partial charge on any atom is 0.294 e. The Morgan fingerprint density at radius 2 is 1.68 bits per heavy atom. The summed E-state index contributed by atoms with van der Waals surface area (Å²) in [6.45, 7) is 7.67. The lowest BCUT2D eigenvalue weighted by Gasteiger charge is -2.28. The smallest absolute Gasteiger partial charge is 0.294 e. The number of rotatable bonds is 6. The van der Waals surface area contributed by atoms with Crippen molar-refractivity contribution in [3.63, 3.8) is 0 Å². The first kappa shape index (κ1) is 28.0. The molecule has 4 aromatic rings. The minimum absolute atomic E-state index is 0.0749. The first-order valence-corrected chi connectivity index (χ1v) is 13.3. The zero-order valence-corrected chi connectivity index (χ0v) is 24.0. The molecule has 0 bridgehead atoms. The highest BCUT2D eigenvalue weighted by Gasteiger charge is 2.45. The number of nitrogens with one attached hydrogen (secondary N) is 1. The van der Waals surface area contributed by atoms with Gasteiger partial charge in [-0.25, -0.2) is 0 Å². The maximum atomic E-state index is 14.0. The van der Waals surface area contributed by atoms with Crippen molar-refractivity contribution < 1.29 is 28.6 Å². The molecule has 0 aliphatic carbocycles. The fraction of sp³-hybridized carbons (Fsp3) is 0.219. The van der Waals surface area contributed by atoms with E-state index in [1.165, 1.54) is 25.0 Å². The molecule has 41 heavy (non-hydrogen) atoms. The largest absolute Gasteiger partial charge is 0.503 e. The van der Waals surface area contributed by atoms with Crippen molar-refractivity contribution in [1.82, 2.24) is 0 Å². The molecular formula is C32H29ClN2O6. The third-order valence-corrected chi connectivity index (χ3v) is 7.22. The SMILES string of the molecule is COc1cc(Cl)cc2cc(C(=O)C3=C(O)C(=O)N(c4ccc(NC(C)=O)cc4)C3c3ccc(C(C)(C)C)cc3)oc12. The number of anilines is 2. The number of hydrogen-bond donors (Lipinski definition) is 2. The third kappa shape index (κ3) is 5.18. The summed E-state index contributed by atoms with van der Waals surface area (Å²) in [5, 5.41) is 14.8. The Hall–Kier alpha value is -4.56. The molecule has 1 atom stereocenters. The molecule has 0 spiro atoms. The van der Waals surface area contributed by atoms with Gasteiger partial charge in [-0.2, -0.15) is 0 Å². The molecule has 1 unspecified atom stereocenters. The molecule has 9 heteroatoms. The molecule has 1 aromatic heterocycles. The maximum absolute atomic E-state index is 14.0. The fourth-order valence-electron chi connectivity index (χ4n) is 4.98. The van der Waals surface area contributed by atoms with E-state index >= 15 is 0 Å². The quantitative estimate of drug-likeness (QED) is 0.238. The average molecular weight is 573 g/mol. The van der Waals surface area contributed by atoms with Crippen molar-refractivity contribution in [1.29, 1.82) is 0 Å². The van der Waals surface area contributed by atoms with Crippen molar-refractivity contribution in [2.75, 3.05) is 17.3 Å². The van der Waals surface area contributed by atoms with Crippen LogP contribution in [0.3, 0.4) is 0 Å². The lowest BCUT2D eigenvalue weighted by atomic mass is 9.85. The molecular weight excluding hydrogens is 544 g/mol. The predicted octanol–water partition coefficient (Wildman–Crippen LogP) is 7.13. The Balaban J connectivity index is 1.63. The number of ketones is 1. The first-order valence-electron chi connectivity index (χ1n) is 13.0. The van der Waals surface area contributed by atoms with E-state index in [-0.39, 0.29) is 22.7 Å². The zero-order chi connectivity index (χ0) is 29.6. The van der Waals surface area contributed by atoms with Gasteiger partial charge in [0.15, 0.2) is 22.9 Å². The Bertz CT molecular complexity index is 1710. The normalized spacial score (nSPS) is 15.5. The Morgan fingerprint density at radius 1 is 1.02 bits per heavy atom. The zero-order valence-electron chi connectivity index (χ0n) is 23.2. The number of carbonyl (C=O) groups is 3. The fourth-order valence-corrected chi connectivity index (χ4v) is 5.19. The highest BCUT2D eigenvalue weighted by Crippen LogP contribution is 2.43. The second kappa shape index (κ2) is 10.4. The van der Waals surface area contributed by atoms with Gasteiger partial charge in [0.25, 0.3) is 5.91 Å². The number of benzene rings is 3. The van der Waals surface area contributed by atoms with Crippen LogP contribution in [0.1, 0.15) is 55.4 Å². The monoisotopic (exact) mass is 572 g/mol. The average Bonchev–Trinajstić information content (AvgIpc) is 3.46. The van der Waals surface area contributed by atoms with Gasteiger partial charge in [0, 0.05) is 34.8 Å². The summed E-state index contributed by atoms with van der Waals surface area (Å²) < 4.78 is 11.3. The molecule has 0 saturated heterocycles. The lowest BCUT2D eigenvalue weighted by molar-refractivity contribution is -0.117. The Kier molecular flexibility index (Phi) is 7.13. The van der Waals surface area contributed by atoms with Crippen LogP contribution in [0.25, 0.3) is 11.0 Å². The summed E-state index contributed by atoms with van der Waals surface area (Å²) in [6, 6.07) is 18.0. The molecule has 0 radical (unpaired) electrons. The van der Waals surface area contributed by atoms with Gasteiger partial charge in [-0.15, -0.1) is 0 Å². The van der Waals surface area contributed by atoms with E-state index in [1.54, 1.807) is 36.4 Å². The van der Waals surface area contributed by atoms with Crippen LogP contribution in [0.15, 0.2) is 82.5 Å². The van der Waals surface area contributed by atoms with Crippen molar-refractivity contribution in [3.8, 4) is 5.75 Å². The molecule has 0 saturated carbocycles. The van der Waals surface area contributed by atoms with E-state index in [0.717, 1.165) is 5.56 Å². The molecule has 0 fully saturated rings. The van der Waals surface area contributed by atoms with Crippen LogP contribution in [0.2, 0.25) is 5.02 Å². The van der Waals surface area contributed by atoms with Crippen molar-refractivity contribution in [2.45, 2.75) is 39.2 Å². The predicted molar refractivity (Wildman–Crippen MR) is 158 cm³/mol. The van der Waals surface area contributed by atoms with Gasteiger partial charge in [0.1, 0.15) is 0 Å². The number of aliphatic hydroxyl groups is 1. The van der Waals surface area contributed by atoms with Gasteiger partial charge in [0.2, 0.25) is 11.7 Å². The number of aliphatic hydroxyl groups excluding tert-OH is 1. The van der Waals surface area contributed by atoms with Gasteiger partial charge in [-0.3, -0.25) is 19.3 Å². The number of Topliss-reactive ketones (excluding diaryl/α,β-unsaturated/α-hetero) is 1. The molecule has 210 valence electrons. The Labute approximate surface area is 242 Å². The summed E-state index contributed by atoms with van der Waals surface area (Å²) in [6.07, 6.45) is 0. The molecule has 1 aliphatic heterocycles. The number of furan rings is 1. The van der Waals surface area contributed by atoms with Crippen molar-refractivity contribution in [3.05, 3.63) is 100.0 Å². The van der Waals surface area contributed by atoms with Crippen LogP contribution >= 0.6 is 11.6 Å². The summed E-state index contributed by atoms with van der Waals surface area (Å²) in [7, 11) is 1.46. The molecule has 8 nitrogen and oxygen atoms in total. The van der Waals surface area contributed by atoms with Crippen molar-refractivity contribution in [2.24, 2.45) is 0 Å². The second-order valence-corrected chi connectivity index (χ2v) is 11.3. The number of halogens is 1. The second-order valence-electron chi connectivity index (χ2n) is 10.9. The van der Waals surface area contributed by atoms with Gasteiger partial charge < -0.3 is 19.6 Å². The summed E-state index contributed by atoms with van der Waals surface area (Å²) in [5.41, 5.74) is 2.76.